The second-order valence-electron chi connectivity index (χ2n) is 8.65. The van der Waals surface area contributed by atoms with Crippen LogP contribution >= 0.6 is 23.4 Å². The van der Waals surface area contributed by atoms with Gasteiger partial charge in [-0.05, 0) is 49.9 Å². The zero-order valence-electron chi connectivity index (χ0n) is 19.0. The van der Waals surface area contributed by atoms with Gasteiger partial charge in [-0.15, -0.1) is 11.8 Å². The van der Waals surface area contributed by atoms with E-state index in [1.807, 2.05) is 37.3 Å². The van der Waals surface area contributed by atoms with Crippen molar-refractivity contribution in [3.63, 3.8) is 0 Å². The number of carbonyl (C=O) groups is 2. The fourth-order valence-electron chi connectivity index (χ4n) is 4.08. The molecule has 0 saturated heterocycles. The molecule has 1 fully saturated rings. The lowest BCUT2D eigenvalue weighted by Gasteiger charge is -2.31. The Balaban J connectivity index is 1.64. The summed E-state index contributed by atoms with van der Waals surface area (Å²) in [5.41, 5.74) is 3.38. The standard InChI is InChI=1S/C26H33ClN2O2S/c1-19-7-6-8-22(15-19)17-32-18-25(30)29(16-21-11-13-23(27)14-12-21)20(2)26(31)28-24-9-4-3-5-10-24/h6-8,11-15,20,24H,3-5,9-10,16-18H2,1-2H3,(H,28,31)/t20-/m1/s1. The number of benzene rings is 2. The third-order valence-electron chi connectivity index (χ3n) is 5.96. The lowest BCUT2D eigenvalue weighted by atomic mass is 9.95. The van der Waals surface area contributed by atoms with Crippen molar-refractivity contribution in [3.05, 3.63) is 70.2 Å². The summed E-state index contributed by atoms with van der Waals surface area (Å²) in [6.45, 7) is 4.29. The van der Waals surface area contributed by atoms with E-state index < -0.39 is 6.04 Å². The molecule has 1 N–H and O–H groups in total. The Morgan fingerprint density at radius 2 is 1.81 bits per heavy atom. The molecular formula is C26H33ClN2O2S. The fourth-order valence-corrected chi connectivity index (χ4v) is 5.06. The first-order valence-electron chi connectivity index (χ1n) is 11.4. The van der Waals surface area contributed by atoms with Crippen LogP contribution in [0.1, 0.15) is 55.7 Å². The highest BCUT2D eigenvalue weighted by Gasteiger charge is 2.28. The predicted octanol–water partition coefficient (Wildman–Crippen LogP) is 5.75. The first kappa shape index (κ1) is 24.7. The molecule has 2 aromatic carbocycles. The smallest absolute Gasteiger partial charge is 0.242 e. The van der Waals surface area contributed by atoms with Gasteiger partial charge in [0.05, 0.1) is 5.75 Å². The molecule has 6 heteroatoms. The Labute approximate surface area is 201 Å². The molecule has 0 aliphatic heterocycles. The molecular weight excluding hydrogens is 440 g/mol. The second kappa shape index (κ2) is 12.3. The Bertz CT molecular complexity index is 897. The third kappa shape index (κ3) is 7.56. The van der Waals surface area contributed by atoms with Crippen LogP contribution in [-0.4, -0.2) is 34.6 Å². The van der Waals surface area contributed by atoms with Crippen LogP contribution in [0.4, 0.5) is 0 Å². The van der Waals surface area contributed by atoms with E-state index in [2.05, 4.69) is 30.4 Å². The van der Waals surface area contributed by atoms with Crippen LogP contribution in [-0.2, 0) is 21.9 Å². The molecule has 172 valence electrons. The lowest BCUT2D eigenvalue weighted by Crippen LogP contribution is -2.50. The largest absolute Gasteiger partial charge is 0.352 e. The fraction of sp³-hybridized carbons (Fsp3) is 0.462. The molecule has 2 aromatic rings. The molecule has 0 spiro atoms. The molecule has 0 radical (unpaired) electrons. The van der Waals surface area contributed by atoms with E-state index in [-0.39, 0.29) is 17.9 Å². The van der Waals surface area contributed by atoms with Crippen molar-refractivity contribution in [2.45, 2.75) is 70.3 Å². The van der Waals surface area contributed by atoms with E-state index in [9.17, 15) is 9.59 Å². The van der Waals surface area contributed by atoms with Gasteiger partial charge in [0, 0.05) is 23.4 Å². The number of aryl methyl sites for hydroxylation is 1. The maximum atomic E-state index is 13.2. The average Bonchev–Trinajstić information content (AvgIpc) is 2.79. The molecule has 1 aliphatic rings. The predicted molar refractivity (Wildman–Crippen MR) is 134 cm³/mol. The van der Waals surface area contributed by atoms with Crippen LogP contribution in [0.25, 0.3) is 0 Å². The van der Waals surface area contributed by atoms with Crippen molar-refractivity contribution in [1.82, 2.24) is 10.2 Å². The number of rotatable bonds is 9. The highest BCUT2D eigenvalue weighted by molar-refractivity contribution is 7.99. The molecule has 4 nitrogen and oxygen atoms in total. The summed E-state index contributed by atoms with van der Waals surface area (Å²) < 4.78 is 0. The van der Waals surface area contributed by atoms with Gasteiger partial charge in [-0.1, -0.05) is 72.8 Å². The van der Waals surface area contributed by atoms with Gasteiger partial charge in [-0.3, -0.25) is 9.59 Å². The van der Waals surface area contributed by atoms with Crippen LogP contribution in [0.3, 0.4) is 0 Å². The lowest BCUT2D eigenvalue weighted by molar-refractivity contribution is -0.139. The Morgan fingerprint density at radius 1 is 1.09 bits per heavy atom. The number of hydrogen-bond donors (Lipinski definition) is 1. The number of halogens is 1. The van der Waals surface area contributed by atoms with Crippen LogP contribution in [0.5, 0.6) is 0 Å². The Hall–Kier alpha value is -1.98. The summed E-state index contributed by atoms with van der Waals surface area (Å²) in [7, 11) is 0. The number of hydrogen-bond acceptors (Lipinski definition) is 3. The minimum absolute atomic E-state index is 0.0242. The van der Waals surface area contributed by atoms with Gasteiger partial charge >= 0.3 is 0 Å². The van der Waals surface area contributed by atoms with Gasteiger partial charge in [0.25, 0.3) is 0 Å². The van der Waals surface area contributed by atoms with Gasteiger partial charge in [0.2, 0.25) is 11.8 Å². The van der Waals surface area contributed by atoms with Gasteiger partial charge in [-0.25, -0.2) is 0 Å². The van der Waals surface area contributed by atoms with Crippen molar-refractivity contribution >= 4 is 35.2 Å². The maximum absolute atomic E-state index is 13.2. The van der Waals surface area contributed by atoms with Gasteiger partial charge in [-0.2, -0.15) is 0 Å². The molecule has 1 aliphatic carbocycles. The topological polar surface area (TPSA) is 49.4 Å². The van der Waals surface area contributed by atoms with E-state index in [4.69, 9.17) is 11.6 Å². The zero-order chi connectivity index (χ0) is 22.9. The molecule has 2 amide bonds. The first-order chi connectivity index (χ1) is 15.4. The molecule has 0 unspecified atom stereocenters. The zero-order valence-corrected chi connectivity index (χ0v) is 20.6. The quantitative estimate of drug-likeness (QED) is 0.505. The first-order valence-corrected chi connectivity index (χ1v) is 12.9. The van der Waals surface area contributed by atoms with E-state index in [0.29, 0.717) is 17.3 Å². The van der Waals surface area contributed by atoms with Gasteiger partial charge < -0.3 is 10.2 Å². The number of carbonyl (C=O) groups excluding carboxylic acids is 2. The number of amides is 2. The average molecular weight is 473 g/mol. The summed E-state index contributed by atoms with van der Waals surface area (Å²) in [6, 6.07) is 15.5. The normalized spacial score (nSPS) is 15.2. The molecule has 32 heavy (non-hydrogen) atoms. The maximum Gasteiger partial charge on any atom is 0.242 e. The highest BCUT2D eigenvalue weighted by atomic mass is 35.5. The molecule has 3 rings (SSSR count). The third-order valence-corrected chi connectivity index (χ3v) is 7.20. The van der Waals surface area contributed by atoms with Crippen molar-refractivity contribution in [2.24, 2.45) is 0 Å². The van der Waals surface area contributed by atoms with Crippen LogP contribution < -0.4 is 5.32 Å². The monoisotopic (exact) mass is 472 g/mol. The van der Waals surface area contributed by atoms with E-state index >= 15 is 0 Å². The van der Waals surface area contributed by atoms with E-state index in [0.717, 1.165) is 37.0 Å². The molecule has 0 bridgehead atoms. The van der Waals surface area contributed by atoms with E-state index in [1.54, 1.807) is 16.7 Å². The number of nitrogens with zero attached hydrogens (tertiary/aromatic N) is 1. The van der Waals surface area contributed by atoms with Crippen molar-refractivity contribution in [3.8, 4) is 0 Å². The molecule has 1 atom stereocenters. The number of nitrogens with one attached hydrogen (secondary N) is 1. The van der Waals surface area contributed by atoms with Crippen LogP contribution in [0.15, 0.2) is 48.5 Å². The van der Waals surface area contributed by atoms with Gasteiger partial charge in [0.15, 0.2) is 0 Å². The summed E-state index contributed by atoms with van der Waals surface area (Å²) in [6.07, 6.45) is 5.60. The summed E-state index contributed by atoms with van der Waals surface area (Å²) >= 11 is 7.61. The van der Waals surface area contributed by atoms with Crippen molar-refractivity contribution < 1.29 is 9.59 Å². The van der Waals surface area contributed by atoms with E-state index in [1.165, 1.54) is 17.5 Å². The minimum atomic E-state index is -0.528. The Morgan fingerprint density at radius 3 is 2.50 bits per heavy atom. The Kier molecular flexibility index (Phi) is 9.49. The van der Waals surface area contributed by atoms with Crippen molar-refractivity contribution in [1.29, 1.82) is 0 Å². The number of thioether (sulfide) groups is 1. The molecule has 0 aromatic heterocycles. The second-order valence-corrected chi connectivity index (χ2v) is 10.1. The van der Waals surface area contributed by atoms with Crippen molar-refractivity contribution in [2.75, 3.05) is 5.75 Å². The highest BCUT2D eigenvalue weighted by Crippen LogP contribution is 2.20. The van der Waals surface area contributed by atoms with Crippen LogP contribution in [0, 0.1) is 6.92 Å². The van der Waals surface area contributed by atoms with Gasteiger partial charge in [0.1, 0.15) is 6.04 Å². The molecule has 0 heterocycles. The minimum Gasteiger partial charge on any atom is -0.352 e. The van der Waals surface area contributed by atoms with Crippen LogP contribution in [0.2, 0.25) is 5.02 Å². The summed E-state index contributed by atoms with van der Waals surface area (Å²) in [5.74, 6) is 1.01. The SMILES string of the molecule is Cc1cccc(CSCC(=O)N(Cc2ccc(Cl)cc2)[C@H](C)C(=O)NC2CCCCC2)c1. The molecule has 1 saturated carbocycles. The summed E-state index contributed by atoms with van der Waals surface area (Å²) in [5, 5.41) is 3.83. The summed E-state index contributed by atoms with van der Waals surface area (Å²) in [4.78, 5) is 27.9.